The van der Waals surface area contributed by atoms with Crippen molar-refractivity contribution in [3.8, 4) is 11.5 Å². The molecule has 2 heterocycles. The second kappa shape index (κ2) is 11.1. The number of halogens is 1. The molecule has 10 heteroatoms. The first kappa shape index (κ1) is 25.7. The highest BCUT2D eigenvalue weighted by atomic mass is 35.5. The summed E-state index contributed by atoms with van der Waals surface area (Å²) in [7, 11) is 4.61. The number of thiazole rings is 1. The summed E-state index contributed by atoms with van der Waals surface area (Å²) in [6.07, 6.45) is 1.73. The topological polar surface area (TPSA) is 88.4 Å². The van der Waals surface area contributed by atoms with E-state index in [1.54, 1.807) is 57.6 Å². The molecule has 1 atom stereocenters. The van der Waals surface area contributed by atoms with E-state index in [2.05, 4.69) is 4.99 Å². The monoisotopic (exact) mass is 528 g/mol. The number of hydrogen-bond donors (Lipinski definition) is 0. The largest absolute Gasteiger partial charge is 0.493 e. The maximum absolute atomic E-state index is 13.8. The van der Waals surface area contributed by atoms with Crippen LogP contribution in [0.5, 0.6) is 11.5 Å². The van der Waals surface area contributed by atoms with Gasteiger partial charge in [-0.15, -0.1) is 0 Å². The zero-order valence-electron chi connectivity index (χ0n) is 20.2. The Balaban J connectivity index is 1.93. The van der Waals surface area contributed by atoms with Gasteiger partial charge < -0.3 is 18.9 Å². The Labute approximate surface area is 216 Å². The average Bonchev–Trinajstić information content (AvgIpc) is 3.17. The number of fused-ring (bicyclic) bond motifs is 1. The van der Waals surface area contributed by atoms with Crippen LogP contribution in [-0.4, -0.2) is 45.1 Å². The summed E-state index contributed by atoms with van der Waals surface area (Å²) in [4.78, 5) is 32.0. The highest BCUT2D eigenvalue weighted by molar-refractivity contribution is 7.07. The lowest BCUT2D eigenvalue weighted by atomic mass is 9.96. The molecular weight excluding hydrogens is 504 g/mol. The molecular formula is C26H25ClN2O6S. The fraction of sp³-hybridized carbons (Fsp3) is 0.269. The summed E-state index contributed by atoms with van der Waals surface area (Å²) in [5.41, 5.74) is 1.65. The highest BCUT2D eigenvalue weighted by Gasteiger charge is 2.34. The molecule has 1 unspecified atom stereocenters. The van der Waals surface area contributed by atoms with Gasteiger partial charge >= 0.3 is 5.97 Å². The van der Waals surface area contributed by atoms with Crippen molar-refractivity contribution < 1.29 is 23.7 Å². The van der Waals surface area contributed by atoms with Crippen LogP contribution in [-0.2, 0) is 14.3 Å². The lowest BCUT2D eigenvalue weighted by molar-refractivity contribution is -0.140. The van der Waals surface area contributed by atoms with E-state index in [4.69, 9.17) is 30.5 Å². The molecule has 1 aliphatic rings. The van der Waals surface area contributed by atoms with Gasteiger partial charge in [-0.05, 0) is 30.7 Å². The van der Waals surface area contributed by atoms with E-state index in [1.807, 2.05) is 12.1 Å². The van der Waals surface area contributed by atoms with E-state index < -0.39 is 12.0 Å². The number of nitrogens with zero attached hydrogens (tertiary/aromatic N) is 2. The molecule has 0 N–H and O–H groups in total. The number of rotatable bonds is 8. The Morgan fingerprint density at radius 1 is 1.11 bits per heavy atom. The Morgan fingerprint density at radius 3 is 2.58 bits per heavy atom. The molecule has 0 saturated heterocycles. The first-order valence-electron chi connectivity index (χ1n) is 11.0. The van der Waals surface area contributed by atoms with Crippen molar-refractivity contribution in [2.45, 2.75) is 13.0 Å². The van der Waals surface area contributed by atoms with Crippen molar-refractivity contribution in [1.82, 2.24) is 4.57 Å². The molecule has 0 amide bonds. The summed E-state index contributed by atoms with van der Waals surface area (Å²) in [5, 5.41) is 0.420. The number of benzene rings is 2. The number of allylic oxidation sites excluding steroid dienone is 1. The Hall–Kier alpha value is -3.40. The second-order valence-corrected chi connectivity index (χ2v) is 9.23. The van der Waals surface area contributed by atoms with Crippen molar-refractivity contribution >= 4 is 35.0 Å². The molecule has 1 aliphatic heterocycles. The van der Waals surface area contributed by atoms with Crippen LogP contribution in [0.1, 0.15) is 24.1 Å². The van der Waals surface area contributed by atoms with Gasteiger partial charge in [0, 0.05) is 17.7 Å². The smallest absolute Gasteiger partial charge is 0.338 e. The molecule has 0 aliphatic carbocycles. The van der Waals surface area contributed by atoms with Crippen LogP contribution in [0.25, 0.3) is 6.08 Å². The first-order chi connectivity index (χ1) is 17.4. The van der Waals surface area contributed by atoms with Gasteiger partial charge in [-0.3, -0.25) is 9.36 Å². The predicted molar refractivity (Wildman–Crippen MR) is 138 cm³/mol. The molecule has 36 heavy (non-hydrogen) atoms. The molecule has 0 bridgehead atoms. The maximum atomic E-state index is 13.8. The van der Waals surface area contributed by atoms with Crippen molar-refractivity contribution in [2.24, 2.45) is 4.99 Å². The number of methoxy groups -OCH3 is 3. The maximum Gasteiger partial charge on any atom is 0.338 e. The van der Waals surface area contributed by atoms with E-state index >= 15 is 0 Å². The predicted octanol–water partition coefficient (Wildman–Crippen LogP) is 3.10. The van der Waals surface area contributed by atoms with E-state index in [0.717, 1.165) is 0 Å². The minimum atomic E-state index is -0.806. The van der Waals surface area contributed by atoms with Crippen molar-refractivity contribution in [3.05, 3.63) is 89.6 Å². The lowest BCUT2D eigenvalue weighted by Crippen LogP contribution is -2.40. The Bertz CT molecular complexity index is 1510. The van der Waals surface area contributed by atoms with Crippen LogP contribution in [0.4, 0.5) is 0 Å². The summed E-state index contributed by atoms with van der Waals surface area (Å²) >= 11 is 7.77. The van der Waals surface area contributed by atoms with Crippen LogP contribution in [0.2, 0.25) is 5.02 Å². The third-order valence-electron chi connectivity index (χ3n) is 5.68. The molecule has 1 aromatic heterocycles. The van der Waals surface area contributed by atoms with E-state index in [9.17, 15) is 9.59 Å². The number of carbonyl (C=O) groups excluding carboxylic acids is 1. The van der Waals surface area contributed by atoms with Crippen LogP contribution in [0.15, 0.2) is 63.5 Å². The minimum Gasteiger partial charge on any atom is -0.493 e. The molecule has 0 fully saturated rings. The Morgan fingerprint density at radius 2 is 1.89 bits per heavy atom. The van der Waals surface area contributed by atoms with Crippen LogP contribution in [0.3, 0.4) is 0 Å². The van der Waals surface area contributed by atoms with Crippen LogP contribution in [0, 0.1) is 0 Å². The number of aromatic nitrogens is 1. The third kappa shape index (κ3) is 4.82. The van der Waals surface area contributed by atoms with Crippen molar-refractivity contribution in [3.63, 3.8) is 0 Å². The highest BCUT2D eigenvalue weighted by Crippen LogP contribution is 2.35. The van der Waals surface area contributed by atoms with Gasteiger partial charge in [-0.25, -0.2) is 9.79 Å². The van der Waals surface area contributed by atoms with Gasteiger partial charge in [0.25, 0.3) is 5.56 Å². The van der Waals surface area contributed by atoms with E-state index in [0.29, 0.717) is 42.7 Å². The number of esters is 1. The van der Waals surface area contributed by atoms with Gasteiger partial charge in [-0.1, -0.05) is 53.3 Å². The van der Waals surface area contributed by atoms with Gasteiger partial charge in [-0.2, -0.15) is 0 Å². The molecule has 188 valence electrons. The van der Waals surface area contributed by atoms with Gasteiger partial charge in [0.1, 0.15) is 12.6 Å². The quantitative estimate of drug-likeness (QED) is 0.330. The normalized spacial score (nSPS) is 15.4. The number of para-hydroxylation sites is 1. The lowest BCUT2D eigenvalue weighted by Gasteiger charge is -2.25. The fourth-order valence-corrected chi connectivity index (χ4v) is 5.31. The number of ether oxygens (including phenoxy) is 4. The SMILES string of the molecule is COCCOC(=O)C1=C(C)N=c2sc(=Cc3cccc(OC)c3OC)c(=O)n2C1c1ccccc1Cl. The second-order valence-electron chi connectivity index (χ2n) is 7.81. The zero-order valence-corrected chi connectivity index (χ0v) is 21.8. The molecule has 8 nitrogen and oxygen atoms in total. The molecule has 2 aromatic carbocycles. The fourth-order valence-electron chi connectivity index (χ4n) is 4.04. The van der Waals surface area contributed by atoms with E-state index in [-0.39, 0.29) is 24.3 Å². The molecule has 0 spiro atoms. The van der Waals surface area contributed by atoms with Crippen LogP contribution < -0.4 is 24.4 Å². The molecule has 0 saturated carbocycles. The molecule has 3 aromatic rings. The van der Waals surface area contributed by atoms with Gasteiger partial charge in [0.2, 0.25) is 0 Å². The van der Waals surface area contributed by atoms with Crippen LogP contribution >= 0.6 is 22.9 Å². The minimum absolute atomic E-state index is 0.0708. The summed E-state index contributed by atoms with van der Waals surface area (Å²) < 4.78 is 23.2. The molecule has 4 rings (SSSR count). The summed E-state index contributed by atoms with van der Waals surface area (Å²) in [6.45, 7) is 2.04. The number of carbonyl (C=O) groups is 1. The summed E-state index contributed by atoms with van der Waals surface area (Å²) in [6, 6.07) is 11.7. The Kier molecular flexibility index (Phi) is 7.93. The zero-order chi connectivity index (χ0) is 25.8. The standard InChI is InChI=1S/C26H25ClN2O6S/c1-15-21(25(31)35-13-12-32-2)22(17-9-5-6-10-18(17)27)29-24(30)20(36-26(29)28-15)14-16-8-7-11-19(33-3)23(16)34-4/h5-11,14,22H,12-13H2,1-4H3. The van der Waals surface area contributed by atoms with E-state index in [1.165, 1.54) is 23.0 Å². The molecule has 0 radical (unpaired) electrons. The average molecular weight is 529 g/mol. The number of hydrogen-bond acceptors (Lipinski definition) is 8. The van der Waals surface area contributed by atoms with Gasteiger partial charge in [0.05, 0.1) is 36.6 Å². The third-order valence-corrected chi connectivity index (χ3v) is 7.01. The van der Waals surface area contributed by atoms with Crippen molar-refractivity contribution in [1.29, 1.82) is 0 Å². The van der Waals surface area contributed by atoms with Gasteiger partial charge in [0.15, 0.2) is 16.3 Å². The summed E-state index contributed by atoms with van der Waals surface area (Å²) in [5.74, 6) is 0.471. The first-order valence-corrected chi connectivity index (χ1v) is 12.2. The van der Waals surface area contributed by atoms with Crippen molar-refractivity contribution in [2.75, 3.05) is 34.5 Å².